The van der Waals surface area contributed by atoms with Gasteiger partial charge < -0.3 is 19.8 Å². The van der Waals surface area contributed by atoms with Crippen LogP contribution >= 0.6 is 0 Å². The number of para-hydroxylation sites is 1. The predicted molar refractivity (Wildman–Crippen MR) is 139 cm³/mol. The topological polar surface area (TPSA) is 118 Å². The number of rotatable bonds is 10. The van der Waals surface area contributed by atoms with E-state index in [4.69, 9.17) is 9.15 Å². The molecule has 4 rings (SSSR count). The summed E-state index contributed by atoms with van der Waals surface area (Å²) in [6.45, 7) is -0.469. The number of furan rings is 1. The lowest BCUT2D eigenvalue weighted by Crippen LogP contribution is -2.38. The highest BCUT2D eigenvalue weighted by atomic mass is 32.2. The number of hydrogen-bond donors (Lipinski definition) is 2. The fourth-order valence-corrected chi connectivity index (χ4v) is 5.00. The number of methoxy groups -OCH3 is 1. The molecular weight excluding hydrogens is 513 g/mol. The predicted octanol–water partition coefficient (Wildman–Crippen LogP) is 4.19. The Bertz CT molecular complexity index is 1510. The van der Waals surface area contributed by atoms with E-state index in [0.29, 0.717) is 11.5 Å². The van der Waals surface area contributed by atoms with Crippen LogP contribution in [-0.4, -0.2) is 33.9 Å². The molecule has 1 heterocycles. The van der Waals surface area contributed by atoms with Crippen LogP contribution in [0.4, 0.5) is 15.8 Å². The molecule has 0 aliphatic carbocycles. The Hall–Kier alpha value is -4.64. The second kappa shape index (κ2) is 11.6. The van der Waals surface area contributed by atoms with Crippen molar-refractivity contribution in [2.45, 2.75) is 11.4 Å². The Balaban J connectivity index is 1.57. The number of benzene rings is 3. The minimum Gasteiger partial charge on any atom is -0.497 e. The van der Waals surface area contributed by atoms with Crippen molar-refractivity contribution in [3.05, 3.63) is 108 Å². The fraction of sp³-hybridized carbons (Fsp3) is 0.111. The van der Waals surface area contributed by atoms with E-state index in [1.807, 2.05) is 0 Å². The number of anilines is 2. The number of hydrogen-bond acceptors (Lipinski definition) is 6. The molecule has 0 fully saturated rings. The number of amides is 2. The molecule has 2 N–H and O–H groups in total. The van der Waals surface area contributed by atoms with Crippen molar-refractivity contribution in [1.29, 1.82) is 0 Å². The lowest BCUT2D eigenvalue weighted by molar-refractivity contribution is -0.114. The third kappa shape index (κ3) is 6.19. The van der Waals surface area contributed by atoms with Gasteiger partial charge >= 0.3 is 0 Å². The summed E-state index contributed by atoms with van der Waals surface area (Å²) in [5.74, 6) is -0.700. The van der Waals surface area contributed by atoms with Crippen LogP contribution in [0.3, 0.4) is 0 Å². The van der Waals surface area contributed by atoms with Gasteiger partial charge in [-0.25, -0.2) is 12.8 Å². The maximum absolute atomic E-state index is 13.5. The van der Waals surface area contributed by atoms with Gasteiger partial charge in [-0.3, -0.25) is 13.9 Å². The number of nitrogens with one attached hydrogen (secondary N) is 2. The summed E-state index contributed by atoms with van der Waals surface area (Å²) >= 11 is 0. The Morgan fingerprint density at radius 2 is 1.66 bits per heavy atom. The quantitative estimate of drug-likeness (QED) is 0.313. The number of carbonyl (C=O) groups is 2. The largest absolute Gasteiger partial charge is 0.497 e. The smallest absolute Gasteiger partial charge is 0.264 e. The third-order valence-corrected chi connectivity index (χ3v) is 7.29. The fourth-order valence-electron chi connectivity index (χ4n) is 3.58. The molecular formula is C27H24FN3O6S. The van der Waals surface area contributed by atoms with Crippen LogP contribution < -0.4 is 19.7 Å². The van der Waals surface area contributed by atoms with Gasteiger partial charge in [0.15, 0.2) is 0 Å². The summed E-state index contributed by atoms with van der Waals surface area (Å²) < 4.78 is 51.7. The Morgan fingerprint density at radius 3 is 2.32 bits per heavy atom. The van der Waals surface area contributed by atoms with Crippen molar-refractivity contribution in [3.8, 4) is 5.75 Å². The standard InChI is InChI=1S/C27H24FN3O6S/c1-36-21-12-10-20(11-13-21)31(38(34,35)23-14-8-19(28)9-15-23)18-26(32)30-25-7-3-2-6-24(25)27(33)29-17-22-5-4-16-37-22/h2-16H,17-18H2,1H3,(H,29,33)(H,30,32). The highest BCUT2D eigenvalue weighted by Gasteiger charge is 2.28. The molecule has 1 aromatic heterocycles. The van der Waals surface area contributed by atoms with Crippen LogP contribution in [0.25, 0.3) is 0 Å². The number of ether oxygens (including phenoxy) is 1. The first kappa shape index (κ1) is 26.4. The molecule has 0 saturated heterocycles. The van der Waals surface area contributed by atoms with E-state index in [1.54, 1.807) is 36.4 Å². The summed E-state index contributed by atoms with van der Waals surface area (Å²) in [6.07, 6.45) is 1.49. The Morgan fingerprint density at radius 1 is 0.947 bits per heavy atom. The van der Waals surface area contributed by atoms with Gasteiger partial charge in [-0.1, -0.05) is 12.1 Å². The van der Waals surface area contributed by atoms with Crippen molar-refractivity contribution in [1.82, 2.24) is 5.32 Å². The van der Waals surface area contributed by atoms with Crippen molar-refractivity contribution in [2.75, 3.05) is 23.3 Å². The van der Waals surface area contributed by atoms with Gasteiger partial charge in [0.2, 0.25) is 5.91 Å². The lowest BCUT2D eigenvalue weighted by Gasteiger charge is -2.24. The van der Waals surface area contributed by atoms with E-state index in [9.17, 15) is 22.4 Å². The highest BCUT2D eigenvalue weighted by molar-refractivity contribution is 7.92. The average Bonchev–Trinajstić information content (AvgIpc) is 3.45. The molecule has 0 bridgehead atoms. The van der Waals surface area contributed by atoms with E-state index in [-0.39, 0.29) is 28.4 Å². The van der Waals surface area contributed by atoms with Gasteiger partial charge in [0.25, 0.3) is 15.9 Å². The zero-order valence-electron chi connectivity index (χ0n) is 20.3. The molecule has 4 aromatic rings. The van der Waals surface area contributed by atoms with E-state index in [0.717, 1.165) is 28.6 Å². The summed E-state index contributed by atoms with van der Waals surface area (Å²) in [4.78, 5) is 25.7. The van der Waals surface area contributed by atoms with Crippen LogP contribution in [0, 0.1) is 5.82 Å². The summed E-state index contributed by atoms with van der Waals surface area (Å²) in [6, 6.07) is 20.1. The van der Waals surface area contributed by atoms with Crippen molar-refractivity contribution >= 4 is 33.2 Å². The molecule has 2 amide bonds. The minimum absolute atomic E-state index is 0.148. The molecule has 11 heteroatoms. The van der Waals surface area contributed by atoms with Gasteiger partial charge in [-0.2, -0.15) is 0 Å². The van der Waals surface area contributed by atoms with Crippen LogP contribution in [-0.2, 0) is 21.4 Å². The molecule has 38 heavy (non-hydrogen) atoms. The molecule has 0 aliphatic heterocycles. The SMILES string of the molecule is COc1ccc(N(CC(=O)Nc2ccccc2C(=O)NCc2ccco2)S(=O)(=O)c2ccc(F)cc2)cc1. The molecule has 0 atom stereocenters. The van der Waals surface area contributed by atoms with Crippen molar-refractivity contribution in [2.24, 2.45) is 0 Å². The zero-order chi connectivity index (χ0) is 27.1. The van der Waals surface area contributed by atoms with Gasteiger partial charge in [0.05, 0.1) is 41.8 Å². The van der Waals surface area contributed by atoms with Gasteiger partial charge in [-0.05, 0) is 72.8 Å². The molecule has 0 saturated carbocycles. The summed E-state index contributed by atoms with van der Waals surface area (Å²) in [5.41, 5.74) is 0.572. The van der Waals surface area contributed by atoms with Gasteiger partial charge in [-0.15, -0.1) is 0 Å². The zero-order valence-corrected chi connectivity index (χ0v) is 21.1. The van der Waals surface area contributed by atoms with E-state index < -0.39 is 34.2 Å². The van der Waals surface area contributed by atoms with Crippen LogP contribution in [0.5, 0.6) is 5.75 Å². The number of sulfonamides is 1. The molecule has 0 spiro atoms. The molecule has 0 unspecified atom stereocenters. The first-order valence-electron chi connectivity index (χ1n) is 11.4. The van der Waals surface area contributed by atoms with Crippen LogP contribution in [0.1, 0.15) is 16.1 Å². The maximum Gasteiger partial charge on any atom is 0.264 e. The average molecular weight is 538 g/mol. The first-order chi connectivity index (χ1) is 18.3. The van der Waals surface area contributed by atoms with E-state index >= 15 is 0 Å². The molecule has 0 radical (unpaired) electrons. The maximum atomic E-state index is 13.5. The second-order valence-corrected chi connectivity index (χ2v) is 9.88. The summed E-state index contributed by atoms with van der Waals surface area (Å²) in [7, 11) is -2.79. The molecule has 196 valence electrons. The Labute approximate surface area is 218 Å². The monoisotopic (exact) mass is 537 g/mol. The van der Waals surface area contributed by atoms with Crippen molar-refractivity contribution < 1.29 is 31.6 Å². The number of nitrogens with zero attached hydrogens (tertiary/aromatic N) is 1. The normalized spacial score (nSPS) is 11.0. The minimum atomic E-state index is -4.26. The van der Waals surface area contributed by atoms with Gasteiger partial charge in [0, 0.05) is 0 Å². The number of carbonyl (C=O) groups excluding carboxylic acids is 2. The molecule has 3 aromatic carbocycles. The summed E-state index contributed by atoms with van der Waals surface area (Å²) in [5, 5.41) is 5.34. The van der Waals surface area contributed by atoms with Gasteiger partial charge in [0.1, 0.15) is 23.9 Å². The van der Waals surface area contributed by atoms with Crippen molar-refractivity contribution in [3.63, 3.8) is 0 Å². The lowest BCUT2D eigenvalue weighted by atomic mass is 10.1. The Kier molecular flexibility index (Phi) is 8.07. The van der Waals surface area contributed by atoms with E-state index in [1.165, 1.54) is 37.6 Å². The van der Waals surface area contributed by atoms with E-state index in [2.05, 4.69) is 10.6 Å². The van der Waals surface area contributed by atoms with Crippen LogP contribution in [0.15, 0.2) is 101 Å². The second-order valence-electron chi connectivity index (χ2n) is 8.02. The third-order valence-electron chi connectivity index (χ3n) is 5.50. The highest BCUT2D eigenvalue weighted by Crippen LogP contribution is 2.26. The number of halogens is 1. The molecule has 9 nitrogen and oxygen atoms in total. The first-order valence-corrected chi connectivity index (χ1v) is 12.8. The van der Waals surface area contributed by atoms with Crippen LogP contribution in [0.2, 0.25) is 0 Å². The molecule has 0 aliphatic rings.